The highest BCUT2D eigenvalue weighted by molar-refractivity contribution is 8.00. The summed E-state index contributed by atoms with van der Waals surface area (Å²) in [5, 5.41) is 7.56. The summed E-state index contributed by atoms with van der Waals surface area (Å²) < 4.78 is 0. The van der Waals surface area contributed by atoms with Gasteiger partial charge < -0.3 is 10.6 Å². The summed E-state index contributed by atoms with van der Waals surface area (Å²) in [6, 6.07) is 19.0. The number of carbonyl (C=O) groups excluding carboxylic acids is 2. The van der Waals surface area contributed by atoms with Crippen LogP contribution in [0.5, 0.6) is 0 Å². The van der Waals surface area contributed by atoms with Gasteiger partial charge in [0.2, 0.25) is 5.91 Å². The zero-order valence-corrected chi connectivity index (χ0v) is 17.4. The van der Waals surface area contributed by atoms with Crippen LogP contribution in [0.3, 0.4) is 0 Å². The minimum absolute atomic E-state index is 0.0221. The standard InChI is InChI=1S/C22H22N2O2S2/c1-3-19(21(25)23-16-8-4-7-15(2)13-16)28-18-10-5-9-17(14-18)24-22(26)20-11-6-12-27-20/h4-14,19H,3H2,1-2H3,(H,23,25)(H,24,26). The molecule has 0 radical (unpaired) electrons. The fraction of sp³-hybridized carbons (Fsp3) is 0.182. The monoisotopic (exact) mass is 410 g/mol. The number of nitrogens with one attached hydrogen (secondary N) is 2. The Morgan fingerprint density at radius 3 is 2.43 bits per heavy atom. The molecule has 144 valence electrons. The fourth-order valence-electron chi connectivity index (χ4n) is 2.68. The molecule has 3 aromatic rings. The van der Waals surface area contributed by atoms with Crippen LogP contribution in [0.1, 0.15) is 28.6 Å². The number of benzene rings is 2. The molecule has 0 aliphatic carbocycles. The van der Waals surface area contributed by atoms with Crippen molar-refractivity contribution in [1.29, 1.82) is 0 Å². The lowest BCUT2D eigenvalue weighted by Gasteiger charge is -2.15. The normalized spacial score (nSPS) is 11.6. The largest absolute Gasteiger partial charge is 0.325 e. The van der Waals surface area contributed by atoms with Crippen molar-refractivity contribution in [3.8, 4) is 0 Å². The highest BCUT2D eigenvalue weighted by Gasteiger charge is 2.18. The minimum atomic E-state index is -0.219. The zero-order valence-electron chi connectivity index (χ0n) is 15.8. The number of anilines is 2. The minimum Gasteiger partial charge on any atom is -0.325 e. The van der Waals surface area contributed by atoms with Gasteiger partial charge in [-0.2, -0.15) is 0 Å². The Labute approximate surface area is 173 Å². The topological polar surface area (TPSA) is 58.2 Å². The molecule has 3 rings (SSSR count). The van der Waals surface area contributed by atoms with E-state index in [9.17, 15) is 9.59 Å². The number of carbonyl (C=O) groups is 2. The van der Waals surface area contributed by atoms with Gasteiger partial charge in [-0.3, -0.25) is 9.59 Å². The first-order chi connectivity index (χ1) is 13.5. The van der Waals surface area contributed by atoms with E-state index in [0.29, 0.717) is 11.3 Å². The molecule has 2 amide bonds. The molecular weight excluding hydrogens is 388 g/mol. The van der Waals surface area contributed by atoms with Crippen LogP contribution in [0.15, 0.2) is 70.9 Å². The number of hydrogen-bond acceptors (Lipinski definition) is 4. The van der Waals surface area contributed by atoms with Crippen molar-refractivity contribution >= 4 is 46.3 Å². The Hall–Kier alpha value is -2.57. The maximum Gasteiger partial charge on any atom is 0.265 e. The molecule has 2 N–H and O–H groups in total. The van der Waals surface area contributed by atoms with E-state index in [-0.39, 0.29) is 17.1 Å². The predicted octanol–water partition coefficient (Wildman–Crippen LogP) is 5.82. The molecule has 1 unspecified atom stereocenters. The Balaban J connectivity index is 1.65. The summed E-state index contributed by atoms with van der Waals surface area (Å²) in [7, 11) is 0. The second kappa shape index (κ2) is 9.57. The van der Waals surface area contributed by atoms with Crippen LogP contribution in [0.4, 0.5) is 11.4 Å². The van der Waals surface area contributed by atoms with E-state index in [4.69, 9.17) is 0 Å². The molecule has 0 saturated carbocycles. The van der Waals surface area contributed by atoms with Gasteiger partial charge in [-0.1, -0.05) is 31.2 Å². The molecule has 0 fully saturated rings. The molecule has 1 atom stereocenters. The van der Waals surface area contributed by atoms with Gasteiger partial charge in [0.15, 0.2) is 0 Å². The van der Waals surface area contributed by atoms with Gasteiger partial charge in [0.05, 0.1) is 10.1 Å². The van der Waals surface area contributed by atoms with Gasteiger partial charge in [-0.25, -0.2) is 0 Å². The van der Waals surface area contributed by atoms with Crippen molar-refractivity contribution in [2.45, 2.75) is 30.4 Å². The van der Waals surface area contributed by atoms with Crippen LogP contribution in [0, 0.1) is 6.92 Å². The third-order valence-corrected chi connectivity index (χ3v) is 6.29. The van der Waals surface area contributed by atoms with E-state index >= 15 is 0 Å². The number of thiophene rings is 1. The predicted molar refractivity (Wildman–Crippen MR) is 118 cm³/mol. The van der Waals surface area contributed by atoms with Crippen molar-refractivity contribution in [3.05, 3.63) is 76.5 Å². The van der Waals surface area contributed by atoms with Crippen LogP contribution >= 0.6 is 23.1 Å². The summed E-state index contributed by atoms with van der Waals surface area (Å²) in [5.41, 5.74) is 2.63. The van der Waals surface area contributed by atoms with E-state index in [1.54, 1.807) is 6.07 Å². The number of amides is 2. The van der Waals surface area contributed by atoms with Crippen molar-refractivity contribution in [1.82, 2.24) is 0 Å². The summed E-state index contributed by atoms with van der Waals surface area (Å²) in [6.45, 7) is 3.99. The fourth-order valence-corrected chi connectivity index (χ4v) is 4.31. The summed E-state index contributed by atoms with van der Waals surface area (Å²) >= 11 is 2.90. The molecule has 2 aromatic carbocycles. The van der Waals surface area contributed by atoms with Gasteiger partial charge in [-0.05, 0) is 60.7 Å². The maximum absolute atomic E-state index is 12.7. The highest BCUT2D eigenvalue weighted by atomic mass is 32.2. The van der Waals surface area contributed by atoms with E-state index in [0.717, 1.165) is 21.8 Å². The van der Waals surface area contributed by atoms with E-state index in [1.807, 2.05) is 73.8 Å². The average Bonchev–Trinajstić information content (AvgIpc) is 3.21. The van der Waals surface area contributed by atoms with Crippen LogP contribution in [-0.2, 0) is 4.79 Å². The quantitative estimate of drug-likeness (QED) is 0.483. The van der Waals surface area contributed by atoms with Crippen molar-refractivity contribution < 1.29 is 9.59 Å². The first kappa shape index (κ1) is 20.2. The lowest BCUT2D eigenvalue weighted by Crippen LogP contribution is -2.24. The Kier molecular flexibility index (Phi) is 6.90. The molecule has 4 nitrogen and oxygen atoms in total. The third kappa shape index (κ3) is 5.47. The smallest absolute Gasteiger partial charge is 0.265 e. The van der Waals surface area contributed by atoms with Gasteiger partial charge in [0, 0.05) is 16.3 Å². The molecule has 0 spiro atoms. The molecular formula is C22H22N2O2S2. The van der Waals surface area contributed by atoms with Gasteiger partial charge in [0.1, 0.15) is 0 Å². The Bertz CT molecular complexity index is 955. The van der Waals surface area contributed by atoms with Crippen molar-refractivity contribution in [2.24, 2.45) is 0 Å². The lowest BCUT2D eigenvalue weighted by molar-refractivity contribution is -0.115. The highest BCUT2D eigenvalue weighted by Crippen LogP contribution is 2.29. The molecule has 0 aliphatic heterocycles. The number of thioether (sulfide) groups is 1. The molecule has 0 saturated heterocycles. The zero-order chi connectivity index (χ0) is 19.9. The van der Waals surface area contributed by atoms with Crippen LogP contribution in [0.2, 0.25) is 0 Å². The van der Waals surface area contributed by atoms with Gasteiger partial charge >= 0.3 is 0 Å². The molecule has 0 bridgehead atoms. The average molecular weight is 411 g/mol. The van der Waals surface area contributed by atoms with Gasteiger partial charge in [-0.15, -0.1) is 23.1 Å². The van der Waals surface area contributed by atoms with Crippen molar-refractivity contribution in [2.75, 3.05) is 10.6 Å². The molecule has 0 aliphatic rings. The van der Waals surface area contributed by atoms with Crippen LogP contribution in [0.25, 0.3) is 0 Å². The number of hydrogen-bond donors (Lipinski definition) is 2. The Morgan fingerprint density at radius 1 is 1.00 bits per heavy atom. The maximum atomic E-state index is 12.7. The molecule has 1 heterocycles. The van der Waals surface area contributed by atoms with E-state index in [1.165, 1.54) is 23.1 Å². The molecule has 28 heavy (non-hydrogen) atoms. The van der Waals surface area contributed by atoms with Crippen LogP contribution in [-0.4, -0.2) is 17.1 Å². The summed E-state index contributed by atoms with van der Waals surface area (Å²) in [5.74, 6) is -0.146. The number of aryl methyl sites for hydroxylation is 1. The van der Waals surface area contributed by atoms with E-state index in [2.05, 4.69) is 10.6 Å². The van der Waals surface area contributed by atoms with Crippen molar-refractivity contribution in [3.63, 3.8) is 0 Å². The second-order valence-electron chi connectivity index (χ2n) is 6.33. The Morgan fingerprint density at radius 2 is 1.75 bits per heavy atom. The first-order valence-corrected chi connectivity index (χ1v) is 10.8. The van der Waals surface area contributed by atoms with Gasteiger partial charge in [0.25, 0.3) is 5.91 Å². The lowest BCUT2D eigenvalue weighted by atomic mass is 10.2. The summed E-state index contributed by atoms with van der Waals surface area (Å²) in [6.07, 6.45) is 0.702. The van der Waals surface area contributed by atoms with E-state index < -0.39 is 0 Å². The van der Waals surface area contributed by atoms with Crippen LogP contribution < -0.4 is 10.6 Å². The number of rotatable bonds is 7. The third-order valence-electron chi connectivity index (χ3n) is 4.06. The summed E-state index contributed by atoms with van der Waals surface area (Å²) in [4.78, 5) is 26.5. The first-order valence-electron chi connectivity index (χ1n) is 9.04. The molecule has 6 heteroatoms. The second-order valence-corrected chi connectivity index (χ2v) is 8.56. The molecule has 1 aromatic heterocycles. The SMILES string of the molecule is CCC(Sc1cccc(NC(=O)c2cccs2)c1)C(=O)Nc1cccc(C)c1.